The van der Waals surface area contributed by atoms with Gasteiger partial charge in [-0.15, -0.1) is 0 Å². The molecule has 2 aromatic heterocycles. The molecule has 1 saturated carbocycles. The minimum Gasteiger partial charge on any atom is -0.303 e. The minimum atomic E-state index is -3.53. The first-order valence-electron chi connectivity index (χ1n) is 13.0. The normalized spacial score (nSPS) is 22.9. The number of sulfone groups is 1. The summed E-state index contributed by atoms with van der Waals surface area (Å²) >= 11 is 0. The van der Waals surface area contributed by atoms with Gasteiger partial charge in [0.25, 0.3) is 0 Å². The lowest BCUT2D eigenvalue weighted by molar-refractivity contribution is 0.146. The Morgan fingerprint density at radius 3 is 2.50 bits per heavy atom. The third kappa shape index (κ3) is 4.09. The predicted molar refractivity (Wildman–Crippen MR) is 146 cm³/mol. The van der Waals surface area contributed by atoms with Gasteiger partial charge in [-0.1, -0.05) is 30.3 Å². The number of rotatable bonds is 5. The maximum atomic E-state index is 13.8. The van der Waals surface area contributed by atoms with E-state index in [1.54, 1.807) is 36.8 Å². The van der Waals surface area contributed by atoms with Crippen LogP contribution in [0.25, 0.3) is 11.3 Å². The van der Waals surface area contributed by atoms with Gasteiger partial charge in [0.05, 0.1) is 27.9 Å². The molecule has 2 aliphatic carbocycles. The van der Waals surface area contributed by atoms with E-state index in [-0.39, 0.29) is 11.7 Å². The van der Waals surface area contributed by atoms with E-state index in [2.05, 4.69) is 11.6 Å². The number of hydrogen-bond donors (Lipinski definition) is 0. The van der Waals surface area contributed by atoms with Crippen LogP contribution in [-0.4, -0.2) is 28.2 Å². The monoisotopic (exact) mass is 527 g/mol. The molecule has 4 aromatic rings. The van der Waals surface area contributed by atoms with Gasteiger partial charge >= 0.3 is 0 Å². The molecular weight excluding hydrogens is 497 g/mol. The van der Waals surface area contributed by atoms with Crippen LogP contribution in [0, 0.1) is 24.1 Å². The maximum absolute atomic E-state index is 13.8. The van der Waals surface area contributed by atoms with Gasteiger partial charge in [0, 0.05) is 29.4 Å². The molecule has 0 amide bonds. The molecule has 1 fully saturated rings. The Balaban J connectivity index is 1.42. The van der Waals surface area contributed by atoms with Crippen molar-refractivity contribution in [2.24, 2.45) is 11.3 Å². The highest BCUT2D eigenvalue weighted by Gasteiger charge is 2.52. The highest BCUT2D eigenvalue weighted by Crippen LogP contribution is 2.56. The molecular formula is C31H30FN3O2S. The molecule has 5 nitrogen and oxygen atoms in total. The van der Waals surface area contributed by atoms with E-state index in [1.165, 1.54) is 12.1 Å². The van der Waals surface area contributed by atoms with Crippen molar-refractivity contribution >= 4 is 15.4 Å². The van der Waals surface area contributed by atoms with E-state index >= 15 is 0 Å². The van der Waals surface area contributed by atoms with Crippen molar-refractivity contribution in [2.45, 2.75) is 49.2 Å². The Labute approximate surface area is 223 Å². The zero-order valence-electron chi connectivity index (χ0n) is 21.3. The number of hydrogen-bond acceptors (Lipinski definition) is 4. The molecule has 0 bridgehead atoms. The Hall–Kier alpha value is -3.58. The fourth-order valence-corrected chi connectivity index (χ4v) is 8.30. The molecule has 0 aliphatic heterocycles. The van der Waals surface area contributed by atoms with E-state index in [0.29, 0.717) is 24.2 Å². The van der Waals surface area contributed by atoms with Crippen molar-refractivity contribution in [3.05, 3.63) is 114 Å². The second-order valence-corrected chi connectivity index (χ2v) is 12.9. The van der Waals surface area contributed by atoms with Crippen LogP contribution < -0.4 is 0 Å². The fraction of sp³-hybridized carbons (Fsp3) is 0.290. The maximum Gasteiger partial charge on any atom is 0.181 e. The summed E-state index contributed by atoms with van der Waals surface area (Å²) in [5, 5.41) is -0.511. The summed E-state index contributed by atoms with van der Waals surface area (Å²) in [6.45, 7) is 6.50. The van der Waals surface area contributed by atoms with Crippen LogP contribution in [0.15, 0.2) is 90.7 Å². The molecule has 6 rings (SSSR count). The first-order chi connectivity index (χ1) is 18.3. The average Bonchev–Trinajstić information content (AvgIpc) is 3.34. The summed E-state index contributed by atoms with van der Waals surface area (Å²) in [5.74, 6) is -0.0913. The highest BCUT2D eigenvalue weighted by atomic mass is 32.2. The molecule has 194 valence electrons. The van der Waals surface area contributed by atoms with Crippen LogP contribution in [0.1, 0.15) is 41.9 Å². The van der Waals surface area contributed by atoms with E-state index < -0.39 is 20.5 Å². The lowest BCUT2D eigenvalue weighted by Gasteiger charge is -2.50. The van der Waals surface area contributed by atoms with Gasteiger partial charge in [-0.05, 0) is 92.6 Å². The number of nitrogens with zero attached hydrogens (tertiary/aromatic N) is 3. The van der Waals surface area contributed by atoms with E-state index in [9.17, 15) is 12.8 Å². The predicted octanol–water partition coefficient (Wildman–Crippen LogP) is 6.16. The van der Waals surface area contributed by atoms with Gasteiger partial charge in [0.1, 0.15) is 5.82 Å². The smallest absolute Gasteiger partial charge is 0.181 e. The van der Waals surface area contributed by atoms with Crippen LogP contribution >= 0.6 is 0 Å². The third-order valence-electron chi connectivity index (χ3n) is 8.55. The van der Waals surface area contributed by atoms with Crippen LogP contribution in [0.3, 0.4) is 0 Å². The van der Waals surface area contributed by atoms with E-state index in [4.69, 9.17) is 4.98 Å². The summed E-state index contributed by atoms with van der Waals surface area (Å²) in [6, 6.07) is 19.4. The third-order valence-corrected chi connectivity index (χ3v) is 10.8. The minimum absolute atomic E-state index is 0.185. The summed E-state index contributed by atoms with van der Waals surface area (Å²) in [7, 11) is -3.53. The first-order valence-corrected chi connectivity index (χ1v) is 14.5. The molecule has 3 atom stereocenters. The van der Waals surface area contributed by atoms with Crippen LogP contribution in [0.5, 0.6) is 0 Å². The Morgan fingerprint density at radius 1 is 1.03 bits per heavy atom. The summed E-state index contributed by atoms with van der Waals surface area (Å²) in [6.07, 6.45) is 6.73. The zero-order chi connectivity index (χ0) is 26.5. The van der Waals surface area contributed by atoms with Gasteiger partial charge in [-0.25, -0.2) is 17.8 Å². The van der Waals surface area contributed by atoms with Crippen molar-refractivity contribution in [3.63, 3.8) is 0 Å². The van der Waals surface area contributed by atoms with Gasteiger partial charge < -0.3 is 4.57 Å². The standard InChI is InChI=1S/C31H30FN3O2S/c1-21-6-13-26(14-7-21)38(36,37)27-15-8-23-17-30-29(34-20-35(30)25-11-9-24(32)10-12-25)19-31(23,18-27)22(2)28-5-3-4-16-33-28/h3-7,9-14,16,20,23,27H,2,8,15,17-19H2,1H3/t23?,27-,31-/m0/s1. The van der Waals surface area contributed by atoms with Crippen LogP contribution in [0.2, 0.25) is 0 Å². The van der Waals surface area contributed by atoms with Crippen LogP contribution in [0.4, 0.5) is 4.39 Å². The summed E-state index contributed by atoms with van der Waals surface area (Å²) < 4.78 is 43.3. The Morgan fingerprint density at radius 2 is 1.79 bits per heavy atom. The van der Waals surface area contributed by atoms with Gasteiger partial charge in [-0.3, -0.25) is 4.98 Å². The summed E-state index contributed by atoms with van der Waals surface area (Å²) in [5.41, 5.74) is 5.14. The Bertz CT molecular complexity index is 1600. The molecule has 2 heterocycles. The number of aromatic nitrogens is 3. The molecule has 7 heteroatoms. The van der Waals surface area contributed by atoms with Gasteiger partial charge in [0.2, 0.25) is 0 Å². The zero-order valence-corrected chi connectivity index (χ0v) is 22.2. The van der Waals surface area contributed by atoms with E-state index in [0.717, 1.165) is 46.7 Å². The number of pyridine rings is 1. The van der Waals surface area contributed by atoms with Crippen molar-refractivity contribution in [1.29, 1.82) is 0 Å². The second kappa shape index (κ2) is 9.31. The molecule has 0 radical (unpaired) electrons. The van der Waals surface area contributed by atoms with Crippen LogP contribution in [-0.2, 0) is 22.7 Å². The number of allylic oxidation sites excluding steroid dienone is 1. The van der Waals surface area contributed by atoms with Gasteiger partial charge in [0.15, 0.2) is 9.84 Å². The van der Waals surface area contributed by atoms with Crippen molar-refractivity contribution < 1.29 is 12.8 Å². The number of imidazole rings is 1. The largest absolute Gasteiger partial charge is 0.303 e. The molecule has 2 aliphatic rings. The average molecular weight is 528 g/mol. The molecule has 0 N–H and O–H groups in total. The highest BCUT2D eigenvalue weighted by molar-refractivity contribution is 7.92. The van der Waals surface area contributed by atoms with Gasteiger partial charge in [-0.2, -0.15) is 0 Å². The number of benzene rings is 2. The first kappa shape index (κ1) is 24.7. The summed E-state index contributed by atoms with van der Waals surface area (Å²) in [4.78, 5) is 9.76. The fourth-order valence-electron chi connectivity index (χ4n) is 6.44. The SMILES string of the molecule is C=C(c1ccccn1)[C@]12Cc3ncn(-c4ccc(F)cc4)c3CC1CC[C@H](S(=O)(=O)c1ccc(C)cc1)C2. The number of aryl methyl sites for hydroxylation is 1. The number of halogens is 1. The quantitative estimate of drug-likeness (QED) is 0.312. The topological polar surface area (TPSA) is 64.8 Å². The van der Waals surface area contributed by atoms with Crippen molar-refractivity contribution in [3.8, 4) is 5.69 Å². The lowest BCUT2D eigenvalue weighted by Crippen LogP contribution is -2.47. The van der Waals surface area contributed by atoms with Crippen molar-refractivity contribution in [1.82, 2.24) is 14.5 Å². The molecule has 1 unspecified atom stereocenters. The van der Waals surface area contributed by atoms with Crippen molar-refractivity contribution in [2.75, 3.05) is 0 Å². The Kier molecular flexibility index (Phi) is 6.06. The lowest BCUT2D eigenvalue weighted by atomic mass is 9.56. The molecule has 0 saturated heterocycles. The second-order valence-electron chi connectivity index (χ2n) is 10.7. The molecule has 38 heavy (non-hydrogen) atoms. The molecule has 2 aromatic carbocycles. The molecule has 0 spiro atoms. The number of fused-ring (bicyclic) bond motifs is 2. The van der Waals surface area contributed by atoms with E-state index in [1.807, 2.05) is 41.8 Å².